The molecule has 3 N–H and O–H groups in total. The predicted octanol–water partition coefficient (Wildman–Crippen LogP) is 16.0. The van der Waals surface area contributed by atoms with Crippen LogP contribution in [0.4, 0.5) is 0 Å². The van der Waals surface area contributed by atoms with Gasteiger partial charge in [0.05, 0.1) is 39.9 Å². The molecule has 3 unspecified atom stereocenters. The summed E-state index contributed by atoms with van der Waals surface area (Å²) < 4.78 is 23.6. The number of nitrogens with one attached hydrogen (secondary N) is 1. The van der Waals surface area contributed by atoms with Gasteiger partial charge >= 0.3 is 7.82 Å². The molecule has 9 heteroatoms. The van der Waals surface area contributed by atoms with Crippen LogP contribution in [0.25, 0.3) is 0 Å². The Morgan fingerprint density at radius 1 is 0.522 bits per heavy atom. The summed E-state index contributed by atoms with van der Waals surface area (Å²) in [5, 5.41) is 13.9. The summed E-state index contributed by atoms with van der Waals surface area (Å²) in [6.45, 7) is 4.67. The number of aliphatic hydroxyl groups excluding tert-OH is 1. The molecule has 0 aliphatic heterocycles. The summed E-state index contributed by atoms with van der Waals surface area (Å²) >= 11 is 0. The lowest BCUT2D eigenvalue weighted by Crippen LogP contribution is -2.45. The summed E-state index contributed by atoms with van der Waals surface area (Å²) in [6, 6.07) is -0.868. The Kier molecular flexibility index (Phi) is 46.2. The lowest BCUT2D eigenvalue weighted by Gasteiger charge is -2.25. The number of phosphoric ester groups is 1. The van der Waals surface area contributed by atoms with Gasteiger partial charge in [-0.2, -0.15) is 0 Å². The second-order valence-electron chi connectivity index (χ2n) is 18.9. The molecular weight excluding hydrogens is 852 g/mol. The summed E-state index contributed by atoms with van der Waals surface area (Å²) in [4.78, 5) is 23.2. The maximum absolute atomic E-state index is 12.9. The van der Waals surface area contributed by atoms with Crippen LogP contribution in [0.2, 0.25) is 0 Å². The van der Waals surface area contributed by atoms with E-state index < -0.39 is 20.0 Å². The molecule has 0 saturated heterocycles. The monoisotopic (exact) mass is 954 g/mol. The van der Waals surface area contributed by atoms with Crippen molar-refractivity contribution in [3.63, 3.8) is 0 Å². The first kappa shape index (κ1) is 64.2. The van der Waals surface area contributed by atoms with Crippen molar-refractivity contribution in [3.05, 3.63) is 109 Å². The Hall–Kier alpha value is -2.84. The van der Waals surface area contributed by atoms with Crippen LogP contribution in [-0.4, -0.2) is 73.4 Å². The zero-order chi connectivity index (χ0) is 49.2. The Bertz CT molecular complexity index is 1450. The van der Waals surface area contributed by atoms with Crippen molar-refractivity contribution in [3.8, 4) is 0 Å². The number of hydrogen-bond donors (Lipinski definition) is 3. The number of amides is 1. The Labute approximate surface area is 412 Å². The van der Waals surface area contributed by atoms with E-state index >= 15 is 0 Å². The quantitative estimate of drug-likeness (QED) is 0.0243. The third-order valence-corrected chi connectivity index (χ3v) is 12.2. The number of allylic oxidation sites excluding steroid dienone is 17. The molecule has 0 aliphatic rings. The standard InChI is InChI=1S/C58H101N2O6P/c1-6-8-10-12-14-16-18-20-22-24-25-26-27-28-29-30-31-32-33-34-35-36-38-40-42-44-46-48-50-52-58(62)59-56(55-66-67(63,64)65-54-53-60(3,4)5)57(61)51-49-47-45-43-41-39-37-23-21-19-17-15-13-11-9-7-2/h8,10,14,16,20,22,25-26,28-29,31-32,34-35,38,40,49,51,56-57,61H,6-7,9,11-13,15,17-19,21,23-24,27,30,33,36-37,39,41-48,50,52-55H2,1-5H3,(H-,59,62,63,64)/p+1/b10-8-,16-14-,22-20-,26-25-,29-28-,32-31-,35-34-,40-38-,51-49+. The molecule has 0 saturated carbocycles. The fourth-order valence-electron chi connectivity index (χ4n) is 7.06. The number of quaternary nitrogens is 1. The molecule has 8 nitrogen and oxygen atoms in total. The molecule has 0 spiro atoms. The van der Waals surface area contributed by atoms with Gasteiger partial charge in [0.25, 0.3) is 0 Å². The van der Waals surface area contributed by atoms with Crippen LogP contribution >= 0.6 is 7.82 Å². The Balaban J connectivity index is 4.35. The van der Waals surface area contributed by atoms with Crippen LogP contribution in [0, 0.1) is 0 Å². The fourth-order valence-corrected chi connectivity index (χ4v) is 7.79. The number of phosphoric acid groups is 1. The lowest BCUT2D eigenvalue weighted by molar-refractivity contribution is -0.870. The highest BCUT2D eigenvalue weighted by Crippen LogP contribution is 2.43. The molecule has 384 valence electrons. The maximum atomic E-state index is 12.9. The normalized spacial score (nSPS) is 14.9. The first-order chi connectivity index (χ1) is 32.5. The summed E-state index contributed by atoms with van der Waals surface area (Å²) in [5.74, 6) is -0.206. The topological polar surface area (TPSA) is 105 Å². The minimum absolute atomic E-state index is 0.0501. The Morgan fingerprint density at radius 3 is 1.31 bits per heavy atom. The van der Waals surface area contributed by atoms with Gasteiger partial charge in [-0.15, -0.1) is 0 Å². The van der Waals surface area contributed by atoms with E-state index in [1.807, 2.05) is 27.2 Å². The molecule has 0 radical (unpaired) electrons. The second kappa shape index (κ2) is 48.2. The van der Waals surface area contributed by atoms with Gasteiger partial charge in [-0.1, -0.05) is 220 Å². The van der Waals surface area contributed by atoms with Crippen molar-refractivity contribution in [2.24, 2.45) is 0 Å². The second-order valence-corrected chi connectivity index (χ2v) is 20.3. The molecule has 1 amide bonds. The van der Waals surface area contributed by atoms with Crippen LogP contribution in [0.1, 0.15) is 200 Å². The number of carbonyl (C=O) groups excluding carboxylic acids is 1. The molecule has 0 aromatic heterocycles. The average Bonchev–Trinajstić information content (AvgIpc) is 3.29. The number of likely N-dealkylation sites (N-methyl/N-ethyl adjacent to an activating group) is 1. The van der Waals surface area contributed by atoms with Gasteiger partial charge < -0.3 is 19.8 Å². The molecular formula is C58H102N2O6P+. The first-order valence-electron chi connectivity index (χ1n) is 26.8. The number of hydrogen-bond acceptors (Lipinski definition) is 5. The van der Waals surface area contributed by atoms with Crippen molar-refractivity contribution in [2.75, 3.05) is 40.9 Å². The highest BCUT2D eigenvalue weighted by molar-refractivity contribution is 7.47. The molecule has 0 aromatic carbocycles. The van der Waals surface area contributed by atoms with Crippen molar-refractivity contribution < 1.29 is 32.9 Å². The minimum Gasteiger partial charge on any atom is -0.387 e. The highest BCUT2D eigenvalue weighted by atomic mass is 31.2. The van der Waals surface area contributed by atoms with Crippen LogP contribution in [0.5, 0.6) is 0 Å². The van der Waals surface area contributed by atoms with E-state index in [0.717, 1.165) is 103 Å². The van der Waals surface area contributed by atoms with Crippen LogP contribution in [-0.2, 0) is 18.4 Å². The van der Waals surface area contributed by atoms with Gasteiger partial charge in [0.2, 0.25) is 5.91 Å². The molecule has 0 heterocycles. The van der Waals surface area contributed by atoms with Gasteiger partial charge in [-0.25, -0.2) is 4.57 Å². The Morgan fingerprint density at radius 2 is 0.896 bits per heavy atom. The zero-order valence-electron chi connectivity index (χ0n) is 43.6. The molecule has 0 rings (SSSR count). The highest BCUT2D eigenvalue weighted by Gasteiger charge is 2.27. The molecule has 0 aromatic rings. The summed E-state index contributed by atoms with van der Waals surface area (Å²) in [5.41, 5.74) is 0. The van der Waals surface area contributed by atoms with E-state index in [9.17, 15) is 19.4 Å². The molecule has 0 aliphatic carbocycles. The van der Waals surface area contributed by atoms with E-state index in [1.54, 1.807) is 6.08 Å². The van der Waals surface area contributed by atoms with Crippen LogP contribution in [0.3, 0.4) is 0 Å². The number of unbranched alkanes of at least 4 members (excludes halogenated alkanes) is 18. The van der Waals surface area contributed by atoms with E-state index in [1.165, 1.54) is 77.0 Å². The zero-order valence-corrected chi connectivity index (χ0v) is 44.5. The first-order valence-corrected chi connectivity index (χ1v) is 28.3. The van der Waals surface area contributed by atoms with Crippen LogP contribution < -0.4 is 5.32 Å². The van der Waals surface area contributed by atoms with Crippen LogP contribution in [0.15, 0.2) is 109 Å². The molecule has 67 heavy (non-hydrogen) atoms. The number of carbonyl (C=O) groups is 1. The van der Waals surface area contributed by atoms with Crippen molar-refractivity contribution in [1.29, 1.82) is 0 Å². The fraction of sp³-hybridized carbons (Fsp3) is 0.672. The molecule has 0 fully saturated rings. The van der Waals surface area contributed by atoms with E-state index in [0.29, 0.717) is 17.4 Å². The SMILES string of the molecule is CC/C=C\C/C=C\C/C=C\C/C=C\C/C=C\C/C=C\C/C=C\C/C=C\CCCCCCC(=O)NC(COP(=O)(O)OCC[N+](C)(C)C)C(O)/C=C/CCCCCCCCCCCCCCCC. The van der Waals surface area contributed by atoms with Crippen molar-refractivity contribution in [1.82, 2.24) is 5.32 Å². The van der Waals surface area contributed by atoms with Gasteiger partial charge in [0.1, 0.15) is 13.2 Å². The van der Waals surface area contributed by atoms with E-state index in [-0.39, 0.29) is 19.1 Å². The van der Waals surface area contributed by atoms with E-state index in [4.69, 9.17) is 9.05 Å². The van der Waals surface area contributed by atoms with Gasteiger partial charge in [-0.05, 0) is 83.5 Å². The van der Waals surface area contributed by atoms with Crippen molar-refractivity contribution in [2.45, 2.75) is 212 Å². The third kappa shape index (κ3) is 50.9. The van der Waals surface area contributed by atoms with E-state index in [2.05, 4.69) is 116 Å². The average molecular weight is 954 g/mol. The minimum atomic E-state index is -4.36. The summed E-state index contributed by atoms with van der Waals surface area (Å²) in [6.07, 6.45) is 70.3. The lowest BCUT2D eigenvalue weighted by atomic mass is 10.0. The predicted molar refractivity (Wildman–Crippen MR) is 290 cm³/mol. The largest absolute Gasteiger partial charge is 0.472 e. The van der Waals surface area contributed by atoms with Crippen molar-refractivity contribution >= 4 is 13.7 Å². The molecule has 0 bridgehead atoms. The third-order valence-electron chi connectivity index (χ3n) is 11.2. The number of rotatable bonds is 47. The molecule has 3 atom stereocenters. The smallest absolute Gasteiger partial charge is 0.387 e. The van der Waals surface area contributed by atoms with Gasteiger partial charge in [0, 0.05) is 6.42 Å². The number of aliphatic hydroxyl groups is 1. The summed E-state index contributed by atoms with van der Waals surface area (Å²) in [7, 11) is 1.54. The van der Waals surface area contributed by atoms with Gasteiger partial charge in [-0.3, -0.25) is 13.8 Å². The number of nitrogens with zero attached hydrogens (tertiary/aromatic N) is 1. The van der Waals surface area contributed by atoms with Gasteiger partial charge in [0.15, 0.2) is 0 Å². The maximum Gasteiger partial charge on any atom is 0.472 e.